The lowest BCUT2D eigenvalue weighted by Gasteiger charge is -2.03. The first-order valence-corrected chi connectivity index (χ1v) is 6.71. The van der Waals surface area contributed by atoms with Crippen LogP contribution in [-0.2, 0) is 0 Å². The van der Waals surface area contributed by atoms with E-state index in [2.05, 4.69) is 5.10 Å². The molecule has 21 heavy (non-hydrogen) atoms. The van der Waals surface area contributed by atoms with Gasteiger partial charge in [-0.05, 0) is 31.2 Å². The van der Waals surface area contributed by atoms with Crippen LogP contribution in [0.4, 0.5) is 0 Å². The molecule has 0 amide bonds. The zero-order chi connectivity index (χ0) is 15.1. The van der Waals surface area contributed by atoms with Crippen LogP contribution in [0.15, 0.2) is 39.7 Å². The van der Waals surface area contributed by atoms with E-state index in [-0.39, 0.29) is 16.2 Å². The van der Waals surface area contributed by atoms with Crippen LogP contribution in [0.1, 0.15) is 16.1 Å². The topological polar surface area (TPSA) is 65.1 Å². The normalized spacial score (nSPS) is 11.0. The predicted octanol–water partition coefficient (Wildman–Crippen LogP) is 3.29. The lowest BCUT2D eigenvalue weighted by Crippen LogP contribution is -2.21. The van der Waals surface area contributed by atoms with Crippen molar-refractivity contribution in [2.75, 3.05) is 0 Å². The van der Waals surface area contributed by atoms with E-state index in [9.17, 15) is 9.59 Å². The fourth-order valence-corrected chi connectivity index (χ4v) is 2.51. The lowest BCUT2D eigenvalue weighted by molar-refractivity contribution is 0.0941. The summed E-state index contributed by atoms with van der Waals surface area (Å²) in [4.78, 5) is 24.2. The molecule has 0 fully saturated rings. The first-order chi connectivity index (χ1) is 9.95. The molecule has 0 bridgehead atoms. The Labute approximate surface area is 128 Å². The predicted molar refractivity (Wildman–Crippen MR) is 79.2 cm³/mol. The summed E-state index contributed by atoms with van der Waals surface area (Å²) in [5.74, 6) is -0.574. The summed E-state index contributed by atoms with van der Waals surface area (Å²) in [7, 11) is 0. The molecule has 0 unspecified atom stereocenters. The second-order valence-electron chi connectivity index (χ2n) is 4.46. The second kappa shape index (κ2) is 5.02. The van der Waals surface area contributed by atoms with Crippen LogP contribution in [-0.4, -0.2) is 15.7 Å². The molecule has 0 aliphatic heterocycles. The zero-order valence-electron chi connectivity index (χ0n) is 10.8. The molecule has 3 rings (SSSR count). The molecule has 0 radical (unpaired) electrons. The van der Waals surface area contributed by atoms with Crippen LogP contribution >= 0.6 is 23.2 Å². The number of nitrogens with zero attached hydrogens (tertiary/aromatic N) is 2. The third-order valence-electron chi connectivity index (χ3n) is 2.91. The first-order valence-electron chi connectivity index (χ1n) is 5.95. The van der Waals surface area contributed by atoms with Crippen molar-refractivity contribution in [2.24, 2.45) is 0 Å². The van der Waals surface area contributed by atoms with Gasteiger partial charge in [0.25, 0.3) is 5.91 Å². The van der Waals surface area contributed by atoms with Crippen LogP contribution in [0, 0.1) is 6.92 Å². The van der Waals surface area contributed by atoms with Crippen molar-refractivity contribution < 1.29 is 9.21 Å². The van der Waals surface area contributed by atoms with Crippen molar-refractivity contribution in [3.8, 4) is 0 Å². The third kappa shape index (κ3) is 2.46. The van der Waals surface area contributed by atoms with Crippen LogP contribution in [0.3, 0.4) is 0 Å². The van der Waals surface area contributed by atoms with E-state index in [4.69, 9.17) is 27.6 Å². The number of carbonyl (C=O) groups is 1. The fraction of sp³-hybridized carbons (Fsp3) is 0.0714. The number of aryl methyl sites for hydroxylation is 1. The summed E-state index contributed by atoms with van der Waals surface area (Å²) in [5, 5.41) is 5.04. The average Bonchev–Trinajstić information content (AvgIpc) is 2.85. The largest absolute Gasteiger partial charge is 0.421 e. The molecule has 0 N–H and O–H groups in total. The summed E-state index contributed by atoms with van der Waals surface area (Å²) in [6.07, 6.45) is 1.48. The highest BCUT2D eigenvalue weighted by molar-refractivity contribution is 6.38. The van der Waals surface area contributed by atoms with Gasteiger partial charge in [-0.15, -0.1) is 0 Å². The molecule has 106 valence electrons. The maximum absolute atomic E-state index is 12.3. The zero-order valence-corrected chi connectivity index (χ0v) is 12.3. The number of aromatic nitrogens is 2. The first kappa shape index (κ1) is 13.9. The Kier molecular flexibility index (Phi) is 3.31. The molecule has 3 aromatic rings. The van der Waals surface area contributed by atoms with Gasteiger partial charge in [-0.1, -0.05) is 23.2 Å². The Morgan fingerprint density at radius 3 is 2.71 bits per heavy atom. The SMILES string of the molecule is Cc1ccn(C(=O)c2cc3cc(Cl)cc(Cl)c3oc2=O)n1. The van der Waals surface area contributed by atoms with E-state index in [0.29, 0.717) is 16.1 Å². The van der Waals surface area contributed by atoms with Gasteiger partial charge >= 0.3 is 5.63 Å². The highest BCUT2D eigenvalue weighted by Crippen LogP contribution is 2.27. The van der Waals surface area contributed by atoms with Gasteiger partial charge in [-0.25, -0.2) is 9.48 Å². The molecule has 0 saturated carbocycles. The third-order valence-corrected chi connectivity index (χ3v) is 3.41. The summed E-state index contributed by atoms with van der Waals surface area (Å²) >= 11 is 11.9. The van der Waals surface area contributed by atoms with Crippen LogP contribution < -0.4 is 5.63 Å². The van der Waals surface area contributed by atoms with Crippen molar-refractivity contribution in [3.05, 3.63) is 62.2 Å². The maximum atomic E-state index is 12.3. The molecule has 7 heteroatoms. The van der Waals surface area contributed by atoms with Gasteiger partial charge in [0.15, 0.2) is 5.58 Å². The van der Waals surface area contributed by atoms with Crippen molar-refractivity contribution in [2.45, 2.75) is 6.92 Å². The highest BCUT2D eigenvalue weighted by atomic mass is 35.5. The number of carbonyl (C=O) groups excluding carboxylic acids is 1. The maximum Gasteiger partial charge on any atom is 0.349 e. The van der Waals surface area contributed by atoms with E-state index in [0.717, 1.165) is 4.68 Å². The van der Waals surface area contributed by atoms with E-state index in [1.165, 1.54) is 18.3 Å². The van der Waals surface area contributed by atoms with Gasteiger partial charge in [0.1, 0.15) is 5.56 Å². The minimum Gasteiger partial charge on any atom is -0.421 e. The summed E-state index contributed by atoms with van der Waals surface area (Å²) in [6, 6.07) is 6.09. The van der Waals surface area contributed by atoms with Gasteiger partial charge < -0.3 is 4.42 Å². The van der Waals surface area contributed by atoms with Crippen molar-refractivity contribution in [3.63, 3.8) is 0 Å². The molecule has 2 heterocycles. The van der Waals surface area contributed by atoms with Gasteiger partial charge in [0, 0.05) is 16.6 Å². The quantitative estimate of drug-likeness (QED) is 0.645. The number of fused-ring (bicyclic) bond motifs is 1. The second-order valence-corrected chi connectivity index (χ2v) is 5.30. The van der Waals surface area contributed by atoms with E-state index >= 15 is 0 Å². The standard InChI is InChI=1S/C14H8Cl2N2O3/c1-7-2-3-18(17-7)13(19)10-5-8-4-9(15)6-11(16)12(8)21-14(10)20/h2-6H,1H3. The van der Waals surface area contributed by atoms with Gasteiger partial charge in [0.05, 0.1) is 10.7 Å². The van der Waals surface area contributed by atoms with Crippen LogP contribution in [0.2, 0.25) is 10.0 Å². The Hall–Kier alpha value is -2.11. The Morgan fingerprint density at radius 1 is 1.29 bits per heavy atom. The molecule has 0 spiro atoms. The lowest BCUT2D eigenvalue weighted by atomic mass is 10.2. The molecule has 0 aliphatic carbocycles. The Bertz CT molecular complexity index is 928. The number of benzene rings is 1. The van der Waals surface area contributed by atoms with Crippen molar-refractivity contribution in [1.29, 1.82) is 0 Å². The minimum absolute atomic E-state index is 0.135. The Morgan fingerprint density at radius 2 is 2.05 bits per heavy atom. The molecule has 0 atom stereocenters. The summed E-state index contributed by atoms with van der Waals surface area (Å²) in [6.45, 7) is 1.74. The highest BCUT2D eigenvalue weighted by Gasteiger charge is 2.17. The number of hydrogen-bond acceptors (Lipinski definition) is 4. The Balaban J connectivity index is 2.22. The van der Waals surface area contributed by atoms with Crippen molar-refractivity contribution >= 4 is 40.1 Å². The molecule has 1 aromatic carbocycles. The van der Waals surface area contributed by atoms with Crippen LogP contribution in [0.5, 0.6) is 0 Å². The molecule has 0 saturated heterocycles. The van der Waals surface area contributed by atoms with Crippen LogP contribution in [0.25, 0.3) is 11.0 Å². The van der Waals surface area contributed by atoms with E-state index < -0.39 is 11.5 Å². The van der Waals surface area contributed by atoms with E-state index in [1.54, 1.807) is 19.1 Å². The van der Waals surface area contributed by atoms with Gasteiger partial charge in [0.2, 0.25) is 0 Å². The average molecular weight is 323 g/mol. The van der Waals surface area contributed by atoms with Crippen molar-refractivity contribution in [1.82, 2.24) is 9.78 Å². The number of hydrogen-bond donors (Lipinski definition) is 0. The van der Waals surface area contributed by atoms with Gasteiger partial charge in [-0.3, -0.25) is 4.79 Å². The molecule has 2 aromatic heterocycles. The molecule has 0 aliphatic rings. The fourth-order valence-electron chi connectivity index (χ4n) is 1.96. The molecular formula is C14H8Cl2N2O3. The number of halogens is 2. The summed E-state index contributed by atoms with van der Waals surface area (Å²) < 4.78 is 6.20. The number of rotatable bonds is 1. The monoisotopic (exact) mass is 322 g/mol. The summed E-state index contributed by atoms with van der Waals surface area (Å²) in [5.41, 5.74) is -0.0484. The van der Waals surface area contributed by atoms with Gasteiger partial charge in [-0.2, -0.15) is 5.10 Å². The van der Waals surface area contributed by atoms with E-state index in [1.807, 2.05) is 0 Å². The minimum atomic E-state index is -0.773. The molecule has 5 nitrogen and oxygen atoms in total. The molecular weight excluding hydrogens is 315 g/mol. The smallest absolute Gasteiger partial charge is 0.349 e.